The molecule has 22 heavy (non-hydrogen) atoms. The largest absolute Gasteiger partial charge is 0.464 e. The number of nitrogens with two attached hydrogens (primary N) is 1. The first-order valence-corrected chi connectivity index (χ1v) is 6.58. The molecule has 0 spiro atoms. The Kier molecular flexibility index (Phi) is 3.42. The Labute approximate surface area is 129 Å². The van der Waals surface area contributed by atoms with Crippen molar-refractivity contribution in [1.82, 2.24) is 15.0 Å². The number of halogens is 2. The number of fused-ring (bicyclic) bond motifs is 1. The quantitative estimate of drug-likeness (QED) is 0.708. The van der Waals surface area contributed by atoms with Crippen LogP contribution in [-0.4, -0.2) is 28.0 Å². The number of carbonyl (C=O) groups excluding carboxylic acids is 1. The molecule has 0 bridgehead atoms. The molecule has 3 N–H and O–H groups in total. The van der Waals surface area contributed by atoms with Crippen molar-refractivity contribution in [1.29, 1.82) is 0 Å². The number of hydrogen-bond donors (Lipinski definition) is 2. The molecule has 0 saturated heterocycles. The van der Waals surface area contributed by atoms with E-state index in [1.165, 1.54) is 13.2 Å². The zero-order valence-electron chi connectivity index (χ0n) is 11.4. The van der Waals surface area contributed by atoms with E-state index in [0.29, 0.717) is 10.9 Å². The molecule has 112 valence electrons. The smallest absolute Gasteiger partial charge is 0.358 e. The van der Waals surface area contributed by atoms with Crippen LogP contribution in [-0.2, 0) is 4.74 Å². The molecule has 3 aromatic rings. The lowest BCUT2D eigenvalue weighted by molar-refractivity contribution is 0.0594. The summed E-state index contributed by atoms with van der Waals surface area (Å²) in [5.74, 6) is -1.49. The second kappa shape index (κ2) is 5.27. The van der Waals surface area contributed by atoms with E-state index in [4.69, 9.17) is 17.3 Å². The lowest BCUT2D eigenvalue weighted by atomic mass is 10.1. The molecule has 1 aromatic carbocycles. The Morgan fingerprint density at radius 2 is 2.14 bits per heavy atom. The van der Waals surface area contributed by atoms with Crippen molar-refractivity contribution in [3.8, 4) is 11.4 Å². The molecule has 2 aromatic heterocycles. The highest BCUT2D eigenvalue weighted by atomic mass is 35.5. The number of ether oxygens (including phenoxy) is 1. The summed E-state index contributed by atoms with van der Waals surface area (Å²) in [5, 5.41) is 0.577. The van der Waals surface area contributed by atoms with Crippen LogP contribution in [0.3, 0.4) is 0 Å². The van der Waals surface area contributed by atoms with Crippen molar-refractivity contribution in [2.45, 2.75) is 0 Å². The summed E-state index contributed by atoms with van der Waals surface area (Å²) >= 11 is 5.89. The first kappa shape index (κ1) is 14.3. The van der Waals surface area contributed by atoms with Crippen LogP contribution in [0.15, 0.2) is 24.4 Å². The fraction of sp³-hybridized carbons (Fsp3) is 0.0714. The van der Waals surface area contributed by atoms with Crippen molar-refractivity contribution >= 4 is 34.3 Å². The Bertz CT molecular complexity index is 894. The number of benzene rings is 1. The van der Waals surface area contributed by atoms with Gasteiger partial charge in [0.05, 0.1) is 18.2 Å². The first-order chi connectivity index (χ1) is 10.5. The fourth-order valence-corrected chi connectivity index (χ4v) is 2.24. The summed E-state index contributed by atoms with van der Waals surface area (Å²) in [6.45, 7) is 0. The lowest BCUT2D eigenvalue weighted by Gasteiger charge is -2.08. The maximum absolute atomic E-state index is 14.5. The standard InChI is InChI=1S/C14H10ClFN4O2/c1-22-14(21)11-8(15)12(17)20-13(19-11)7-3-2-6-4-5-18-10(6)9(7)16/h2-5,18H,1H3,(H2,17,19,20). The molecule has 0 unspecified atom stereocenters. The van der Waals surface area contributed by atoms with Gasteiger partial charge in [-0.15, -0.1) is 0 Å². The van der Waals surface area contributed by atoms with E-state index in [0.717, 1.165) is 0 Å². The Morgan fingerprint density at radius 3 is 2.86 bits per heavy atom. The van der Waals surface area contributed by atoms with Gasteiger partial charge < -0.3 is 15.5 Å². The topological polar surface area (TPSA) is 93.9 Å². The van der Waals surface area contributed by atoms with E-state index in [9.17, 15) is 9.18 Å². The van der Waals surface area contributed by atoms with E-state index in [2.05, 4.69) is 19.7 Å². The number of rotatable bonds is 2. The van der Waals surface area contributed by atoms with Gasteiger partial charge in [0, 0.05) is 11.6 Å². The predicted molar refractivity (Wildman–Crippen MR) is 80.0 cm³/mol. The normalized spacial score (nSPS) is 10.9. The molecule has 0 fully saturated rings. The lowest BCUT2D eigenvalue weighted by Crippen LogP contribution is -2.10. The van der Waals surface area contributed by atoms with Gasteiger partial charge in [-0.25, -0.2) is 19.2 Å². The molecule has 0 aliphatic heterocycles. The van der Waals surface area contributed by atoms with Gasteiger partial charge >= 0.3 is 5.97 Å². The van der Waals surface area contributed by atoms with Gasteiger partial charge in [-0.2, -0.15) is 0 Å². The summed E-state index contributed by atoms with van der Waals surface area (Å²) < 4.78 is 19.1. The molecular formula is C14H10ClFN4O2. The van der Waals surface area contributed by atoms with Crippen LogP contribution >= 0.6 is 11.6 Å². The highest BCUT2D eigenvalue weighted by molar-refractivity contribution is 6.35. The number of esters is 1. The van der Waals surface area contributed by atoms with Crippen molar-refractivity contribution in [3.63, 3.8) is 0 Å². The van der Waals surface area contributed by atoms with Gasteiger partial charge in [0.15, 0.2) is 17.3 Å². The number of nitrogens with zero attached hydrogens (tertiary/aromatic N) is 2. The Balaban J connectivity index is 2.24. The van der Waals surface area contributed by atoms with Gasteiger partial charge in [-0.05, 0) is 12.1 Å². The molecule has 0 aliphatic carbocycles. The average Bonchev–Trinajstić information content (AvgIpc) is 2.99. The number of aromatic nitrogens is 3. The van der Waals surface area contributed by atoms with E-state index in [-0.39, 0.29) is 27.9 Å². The zero-order chi connectivity index (χ0) is 15.9. The summed E-state index contributed by atoms with van der Waals surface area (Å²) in [5.41, 5.74) is 5.88. The van der Waals surface area contributed by atoms with Crippen LogP contribution in [0.4, 0.5) is 10.2 Å². The molecule has 0 radical (unpaired) electrons. The van der Waals surface area contributed by atoms with Gasteiger partial charge in [-0.1, -0.05) is 17.7 Å². The Hall–Kier alpha value is -2.67. The second-order valence-electron chi connectivity index (χ2n) is 4.46. The third kappa shape index (κ3) is 2.15. The summed E-state index contributed by atoms with van der Waals surface area (Å²) in [7, 11) is 1.18. The predicted octanol–water partition coefficient (Wildman–Crippen LogP) is 2.79. The average molecular weight is 321 g/mol. The van der Waals surface area contributed by atoms with Crippen molar-refractivity contribution in [2.24, 2.45) is 0 Å². The van der Waals surface area contributed by atoms with Crippen LogP contribution in [0.5, 0.6) is 0 Å². The maximum atomic E-state index is 14.5. The van der Waals surface area contributed by atoms with E-state index in [1.54, 1.807) is 18.3 Å². The summed E-state index contributed by atoms with van der Waals surface area (Å²) in [6.07, 6.45) is 1.62. The van der Waals surface area contributed by atoms with E-state index in [1.807, 2.05) is 0 Å². The zero-order valence-corrected chi connectivity index (χ0v) is 12.1. The second-order valence-corrected chi connectivity index (χ2v) is 4.83. The van der Waals surface area contributed by atoms with Crippen molar-refractivity contribution < 1.29 is 13.9 Å². The van der Waals surface area contributed by atoms with Crippen LogP contribution < -0.4 is 5.73 Å². The monoisotopic (exact) mass is 320 g/mol. The van der Waals surface area contributed by atoms with E-state index >= 15 is 0 Å². The molecule has 0 saturated carbocycles. The summed E-state index contributed by atoms with van der Waals surface area (Å²) in [6, 6.07) is 4.95. The van der Waals surface area contributed by atoms with Gasteiger partial charge in [0.25, 0.3) is 0 Å². The van der Waals surface area contributed by atoms with Crippen molar-refractivity contribution in [3.05, 3.63) is 40.9 Å². The number of nitrogen functional groups attached to an aromatic ring is 1. The van der Waals surface area contributed by atoms with Crippen LogP contribution in [0.25, 0.3) is 22.3 Å². The SMILES string of the molecule is COC(=O)c1nc(-c2ccc3cc[nH]c3c2F)nc(N)c1Cl. The minimum Gasteiger partial charge on any atom is -0.464 e. The highest BCUT2D eigenvalue weighted by Crippen LogP contribution is 2.29. The Morgan fingerprint density at radius 1 is 1.36 bits per heavy atom. The molecule has 2 heterocycles. The third-order valence-corrected chi connectivity index (χ3v) is 3.53. The van der Waals surface area contributed by atoms with E-state index < -0.39 is 11.8 Å². The number of methoxy groups -OCH3 is 1. The molecule has 0 atom stereocenters. The molecule has 8 heteroatoms. The fourth-order valence-electron chi connectivity index (χ4n) is 2.08. The minimum absolute atomic E-state index is 0.0451. The van der Waals surface area contributed by atoms with Gasteiger partial charge in [0.1, 0.15) is 10.8 Å². The number of H-pyrrole nitrogens is 1. The van der Waals surface area contributed by atoms with Gasteiger partial charge in [-0.3, -0.25) is 0 Å². The first-order valence-electron chi connectivity index (χ1n) is 6.20. The highest BCUT2D eigenvalue weighted by Gasteiger charge is 2.21. The number of carbonyl (C=O) groups is 1. The third-order valence-electron chi connectivity index (χ3n) is 3.16. The maximum Gasteiger partial charge on any atom is 0.358 e. The van der Waals surface area contributed by atoms with Gasteiger partial charge in [0.2, 0.25) is 0 Å². The number of anilines is 1. The van der Waals surface area contributed by atoms with Crippen molar-refractivity contribution in [2.75, 3.05) is 12.8 Å². The number of aromatic amines is 1. The molecule has 6 nitrogen and oxygen atoms in total. The number of hydrogen-bond acceptors (Lipinski definition) is 5. The van der Waals surface area contributed by atoms with Crippen LogP contribution in [0.1, 0.15) is 10.5 Å². The van der Waals surface area contributed by atoms with Crippen LogP contribution in [0.2, 0.25) is 5.02 Å². The molecular weight excluding hydrogens is 311 g/mol. The summed E-state index contributed by atoms with van der Waals surface area (Å²) in [4.78, 5) is 22.4. The molecule has 0 aliphatic rings. The number of nitrogens with one attached hydrogen (secondary N) is 1. The minimum atomic E-state index is -0.776. The molecule has 0 amide bonds. The molecule has 3 rings (SSSR count). The van der Waals surface area contributed by atoms with Crippen LogP contribution in [0, 0.1) is 5.82 Å².